The first-order valence-electron chi connectivity index (χ1n) is 7.94. The summed E-state index contributed by atoms with van der Waals surface area (Å²) >= 11 is 0. The molecule has 1 saturated heterocycles. The number of likely N-dealkylation sites (N-methyl/N-ethyl adjacent to an activating group) is 1. The number of carbonyl (C=O) groups excluding carboxylic acids is 3. The average molecular weight is 328 g/mol. The lowest BCUT2D eigenvalue weighted by Gasteiger charge is -2.34. The van der Waals surface area contributed by atoms with Crippen molar-refractivity contribution in [1.29, 1.82) is 0 Å². The minimum atomic E-state index is -0.699. The molecule has 0 radical (unpaired) electrons. The Bertz CT molecular complexity index is 441. The van der Waals surface area contributed by atoms with Gasteiger partial charge in [-0.1, -0.05) is 13.8 Å². The zero-order chi connectivity index (χ0) is 17.6. The van der Waals surface area contributed by atoms with Gasteiger partial charge < -0.3 is 15.4 Å². The first-order chi connectivity index (χ1) is 10.8. The van der Waals surface area contributed by atoms with Crippen LogP contribution in [0.3, 0.4) is 0 Å². The fraction of sp³-hybridized carbons (Fsp3) is 0.800. The molecule has 1 heterocycles. The molecule has 0 bridgehead atoms. The fourth-order valence-electron chi connectivity index (χ4n) is 2.58. The highest BCUT2D eigenvalue weighted by atomic mass is 16.5. The molecule has 1 rings (SSSR count). The number of nitrogens with one attached hydrogen (secondary N) is 3. The van der Waals surface area contributed by atoms with Crippen LogP contribution in [0, 0.1) is 5.92 Å². The van der Waals surface area contributed by atoms with E-state index < -0.39 is 18.2 Å². The topological polar surface area (TPSA) is 99.8 Å². The predicted molar refractivity (Wildman–Crippen MR) is 85.2 cm³/mol. The van der Waals surface area contributed by atoms with Gasteiger partial charge in [0.1, 0.15) is 18.2 Å². The maximum atomic E-state index is 12.4. The minimum absolute atomic E-state index is 0.00745. The molecule has 3 amide bonds. The van der Waals surface area contributed by atoms with E-state index in [9.17, 15) is 14.4 Å². The monoisotopic (exact) mass is 328 g/mol. The van der Waals surface area contributed by atoms with Crippen molar-refractivity contribution in [2.75, 3.05) is 20.7 Å². The summed E-state index contributed by atoms with van der Waals surface area (Å²) in [4.78, 5) is 36.3. The van der Waals surface area contributed by atoms with E-state index in [1.807, 2.05) is 13.8 Å². The van der Waals surface area contributed by atoms with Crippen LogP contribution in [0.1, 0.15) is 33.6 Å². The summed E-state index contributed by atoms with van der Waals surface area (Å²) in [5, 5.41) is 6.64. The molecule has 1 aliphatic rings. The van der Waals surface area contributed by atoms with E-state index in [1.54, 1.807) is 14.0 Å². The van der Waals surface area contributed by atoms with Gasteiger partial charge in [0.15, 0.2) is 0 Å². The second kappa shape index (κ2) is 8.83. The largest absolute Gasteiger partial charge is 0.371 e. The first-order valence-corrected chi connectivity index (χ1v) is 7.94. The molecule has 23 heavy (non-hydrogen) atoms. The van der Waals surface area contributed by atoms with Crippen LogP contribution in [0.4, 0.5) is 0 Å². The van der Waals surface area contributed by atoms with Crippen LogP contribution in [0.25, 0.3) is 0 Å². The van der Waals surface area contributed by atoms with Crippen LogP contribution < -0.4 is 16.1 Å². The number of hydrazine groups is 1. The van der Waals surface area contributed by atoms with E-state index >= 15 is 0 Å². The molecule has 0 aliphatic carbocycles. The molecule has 3 atom stereocenters. The summed E-state index contributed by atoms with van der Waals surface area (Å²) in [7, 11) is 3.03. The lowest BCUT2D eigenvalue weighted by molar-refractivity contribution is -0.145. The Morgan fingerprint density at radius 1 is 1.26 bits per heavy atom. The van der Waals surface area contributed by atoms with Gasteiger partial charge in [-0.3, -0.25) is 19.4 Å². The number of methoxy groups -OCH3 is 1. The number of hydrogen-bond donors (Lipinski definition) is 3. The van der Waals surface area contributed by atoms with Crippen LogP contribution in [-0.4, -0.2) is 61.6 Å². The van der Waals surface area contributed by atoms with Gasteiger partial charge in [-0.15, -0.1) is 0 Å². The molecule has 0 saturated carbocycles. The van der Waals surface area contributed by atoms with Crippen molar-refractivity contribution in [2.45, 2.75) is 51.8 Å². The van der Waals surface area contributed by atoms with E-state index in [4.69, 9.17) is 4.74 Å². The van der Waals surface area contributed by atoms with Gasteiger partial charge in [0.25, 0.3) is 5.91 Å². The van der Waals surface area contributed by atoms with Gasteiger partial charge in [0.2, 0.25) is 11.8 Å². The van der Waals surface area contributed by atoms with Crippen molar-refractivity contribution in [3.8, 4) is 0 Å². The molecule has 132 valence electrons. The van der Waals surface area contributed by atoms with Crippen LogP contribution in [0.2, 0.25) is 0 Å². The highest BCUT2D eigenvalue weighted by Gasteiger charge is 2.31. The molecule has 1 fully saturated rings. The number of hydrogen-bond acceptors (Lipinski definition) is 5. The van der Waals surface area contributed by atoms with Crippen LogP contribution in [0.15, 0.2) is 0 Å². The SMILES string of the molecule is CNC(=O)[C@@H]1CCCN(C(=O)[C@H](C)NC(=O)[C@@H](OC)C(C)C)N1. The highest BCUT2D eigenvalue weighted by molar-refractivity contribution is 5.89. The minimum Gasteiger partial charge on any atom is -0.371 e. The van der Waals surface area contributed by atoms with Crippen molar-refractivity contribution < 1.29 is 19.1 Å². The molecule has 8 heteroatoms. The molecule has 0 aromatic carbocycles. The Hall–Kier alpha value is -1.67. The van der Waals surface area contributed by atoms with Crippen LogP contribution in [0.5, 0.6) is 0 Å². The van der Waals surface area contributed by atoms with Crippen molar-refractivity contribution in [3.63, 3.8) is 0 Å². The number of amides is 3. The van der Waals surface area contributed by atoms with Gasteiger partial charge in [-0.25, -0.2) is 5.43 Å². The molecule has 0 aromatic rings. The Labute approximate surface area is 137 Å². The quantitative estimate of drug-likeness (QED) is 0.605. The van der Waals surface area contributed by atoms with E-state index in [0.29, 0.717) is 13.0 Å². The molecule has 1 aliphatic heterocycles. The van der Waals surface area contributed by atoms with E-state index in [0.717, 1.165) is 6.42 Å². The third-order valence-electron chi connectivity index (χ3n) is 3.86. The second-order valence-corrected chi connectivity index (χ2v) is 6.06. The molecule has 3 N–H and O–H groups in total. The highest BCUT2D eigenvalue weighted by Crippen LogP contribution is 2.10. The molecule has 0 unspecified atom stereocenters. The molecular weight excluding hydrogens is 300 g/mol. The molecule has 8 nitrogen and oxygen atoms in total. The van der Waals surface area contributed by atoms with E-state index in [1.165, 1.54) is 12.1 Å². The summed E-state index contributed by atoms with van der Waals surface area (Å²) in [6.45, 7) is 5.88. The van der Waals surface area contributed by atoms with Crippen molar-refractivity contribution in [3.05, 3.63) is 0 Å². The molecular formula is C15H28N4O4. The third-order valence-corrected chi connectivity index (χ3v) is 3.86. The standard InChI is InChI=1S/C15H28N4O4/c1-9(2)12(23-5)14(21)17-10(3)15(22)19-8-6-7-11(18-19)13(20)16-4/h9-12,18H,6-8H2,1-5H3,(H,16,20)(H,17,21)/t10-,11-,12-/m0/s1. The van der Waals surface area contributed by atoms with E-state index in [2.05, 4.69) is 16.1 Å². The lowest BCUT2D eigenvalue weighted by Crippen LogP contribution is -2.61. The summed E-state index contributed by atoms with van der Waals surface area (Å²) in [5.74, 6) is -0.736. The number of carbonyl (C=O) groups is 3. The third kappa shape index (κ3) is 5.18. The summed E-state index contributed by atoms with van der Waals surface area (Å²) in [6.07, 6.45) is 0.797. The normalized spacial score (nSPS) is 20.8. The van der Waals surface area contributed by atoms with Gasteiger partial charge in [-0.2, -0.15) is 0 Å². The first kappa shape index (κ1) is 19.4. The summed E-state index contributed by atoms with van der Waals surface area (Å²) in [6, 6.07) is -1.13. The van der Waals surface area contributed by atoms with Crippen molar-refractivity contribution >= 4 is 17.7 Å². The van der Waals surface area contributed by atoms with Crippen LogP contribution >= 0.6 is 0 Å². The zero-order valence-electron chi connectivity index (χ0n) is 14.5. The average Bonchev–Trinajstić information content (AvgIpc) is 2.53. The predicted octanol–water partition coefficient (Wildman–Crippen LogP) is -0.596. The maximum Gasteiger partial charge on any atom is 0.258 e. The number of ether oxygens (including phenoxy) is 1. The Morgan fingerprint density at radius 3 is 2.43 bits per heavy atom. The Balaban J connectivity index is 2.62. The zero-order valence-corrected chi connectivity index (χ0v) is 14.5. The smallest absolute Gasteiger partial charge is 0.258 e. The number of rotatable bonds is 6. The van der Waals surface area contributed by atoms with Gasteiger partial charge in [0.05, 0.1) is 0 Å². The Morgan fingerprint density at radius 2 is 1.91 bits per heavy atom. The van der Waals surface area contributed by atoms with Crippen LogP contribution in [-0.2, 0) is 19.1 Å². The molecule has 0 aromatic heterocycles. The fourth-order valence-corrected chi connectivity index (χ4v) is 2.58. The second-order valence-electron chi connectivity index (χ2n) is 6.06. The number of nitrogens with zero attached hydrogens (tertiary/aromatic N) is 1. The Kier molecular flexibility index (Phi) is 7.44. The van der Waals surface area contributed by atoms with Gasteiger partial charge >= 0.3 is 0 Å². The molecule has 0 spiro atoms. The van der Waals surface area contributed by atoms with Crippen molar-refractivity contribution in [2.24, 2.45) is 5.92 Å². The van der Waals surface area contributed by atoms with Gasteiger partial charge in [-0.05, 0) is 25.7 Å². The lowest BCUT2D eigenvalue weighted by atomic mass is 10.1. The summed E-state index contributed by atoms with van der Waals surface area (Å²) in [5.41, 5.74) is 2.91. The maximum absolute atomic E-state index is 12.4. The van der Waals surface area contributed by atoms with E-state index in [-0.39, 0.29) is 23.6 Å². The van der Waals surface area contributed by atoms with Crippen molar-refractivity contribution in [1.82, 2.24) is 21.1 Å². The summed E-state index contributed by atoms with van der Waals surface area (Å²) < 4.78 is 5.16. The van der Waals surface area contributed by atoms with Gasteiger partial charge in [0, 0.05) is 20.7 Å².